The fraction of sp³-hybridized carbons (Fsp3) is 0.455. The molecule has 0 radical (unpaired) electrons. The van der Waals surface area contributed by atoms with E-state index < -0.39 is 0 Å². The van der Waals surface area contributed by atoms with Crippen molar-refractivity contribution in [2.75, 3.05) is 5.73 Å². The van der Waals surface area contributed by atoms with Crippen LogP contribution < -0.4 is 5.73 Å². The zero-order valence-electron chi connectivity index (χ0n) is 9.47. The number of hydrogen-bond donors (Lipinski definition) is 1. The number of anilines is 1. The molecule has 1 heterocycles. The molecule has 14 heavy (non-hydrogen) atoms. The van der Waals surface area contributed by atoms with Gasteiger partial charge in [-0.15, -0.1) is 5.92 Å². The van der Waals surface area contributed by atoms with Crippen LogP contribution in [-0.4, -0.2) is 9.97 Å². The van der Waals surface area contributed by atoms with Gasteiger partial charge in [0.15, 0.2) is 0 Å². The monoisotopic (exact) mass is 191 g/mol. The van der Waals surface area contributed by atoms with Crippen molar-refractivity contribution >= 4 is 5.95 Å². The second-order valence-corrected chi connectivity index (χ2v) is 2.50. The van der Waals surface area contributed by atoms with Gasteiger partial charge in [-0.25, -0.2) is 9.97 Å². The van der Waals surface area contributed by atoms with Gasteiger partial charge in [-0.1, -0.05) is 19.8 Å². The van der Waals surface area contributed by atoms with Gasteiger partial charge >= 0.3 is 0 Å². The van der Waals surface area contributed by atoms with Crippen molar-refractivity contribution in [3.05, 3.63) is 17.0 Å². The zero-order chi connectivity index (χ0) is 11.1. The van der Waals surface area contributed by atoms with Crippen molar-refractivity contribution in [3.8, 4) is 11.8 Å². The number of nitrogens with zero attached hydrogens (tertiary/aromatic N) is 2. The molecule has 0 fully saturated rings. The third-order valence-electron chi connectivity index (χ3n) is 1.54. The van der Waals surface area contributed by atoms with Crippen molar-refractivity contribution in [2.45, 2.75) is 34.6 Å². The van der Waals surface area contributed by atoms with Crippen LogP contribution in [0.5, 0.6) is 0 Å². The fourth-order valence-corrected chi connectivity index (χ4v) is 1.05. The highest BCUT2D eigenvalue weighted by atomic mass is 15.0. The Labute approximate surface area is 85.8 Å². The first-order chi connectivity index (χ1) is 6.65. The average Bonchev–Trinajstić information content (AvgIpc) is 2.14. The number of hydrogen-bond acceptors (Lipinski definition) is 3. The molecule has 0 aliphatic carbocycles. The maximum Gasteiger partial charge on any atom is 0.220 e. The molecule has 0 bridgehead atoms. The van der Waals surface area contributed by atoms with E-state index in [0.717, 1.165) is 17.0 Å². The van der Waals surface area contributed by atoms with Crippen LogP contribution >= 0.6 is 0 Å². The van der Waals surface area contributed by atoms with Crippen LogP contribution in [-0.2, 0) is 0 Å². The van der Waals surface area contributed by atoms with E-state index in [-0.39, 0.29) is 0 Å². The van der Waals surface area contributed by atoms with Crippen molar-refractivity contribution in [3.63, 3.8) is 0 Å². The molecule has 0 aromatic carbocycles. The molecular weight excluding hydrogens is 174 g/mol. The second kappa shape index (κ2) is 5.98. The molecule has 1 aromatic rings. The van der Waals surface area contributed by atoms with E-state index >= 15 is 0 Å². The summed E-state index contributed by atoms with van der Waals surface area (Å²) >= 11 is 0. The SMILES string of the molecule is CC.CC#Cc1c(C)nc(N)nc1C. The quantitative estimate of drug-likeness (QED) is 0.639. The Morgan fingerprint density at radius 2 is 1.50 bits per heavy atom. The van der Waals surface area contributed by atoms with Gasteiger partial charge in [0.05, 0.1) is 17.0 Å². The number of aromatic nitrogens is 2. The molecule has 0 saturated carbocycles. The Morgan fingerprint density at radius 1 is 1.07 bits per heavy atom. The second-order valence-electron chi connectivity index (χ2n) is 2.50. The van der Waals surface area contributed by atoms with Gasteiger partial charge in [0.1, 0.15) is 0 Å². The van der Waals surface area contributed by atoms with Crippen LogP contribution in [0.15, 0.2) is 0 Å². The molecule has 2 N–H and O–H groups in total. The van der Waals surface area contributed by atoms with E-state index in [1.165, 1.54) is 0 Å². The highest BCUT2D eigenvalue weighted by molar-refractivity contribution is 5.42. The summed E-state index contributed by atoms with van der Waals surface area (Å²) in [5, 5.41) is 0. The highest BCUT2D eigenvalue weighted by Crippen LogP contribution is 2.08. The normalized spacial score (nSPS) is 8.07. The van der Waals surface area contributed by atoms with E-state index in [1.54, 1.807) is 6.92 Å². The van der Waals surface area contributed by atoms with Crippen molar-refractivity contribution < 1.29 is 0 Å². The minimum Gasteiger partial charge on any atom is -0.368 e. The predicted octanol–water partition coefficient (Wildman–Crippen LogP) is 2.07. The maximum absolute atomic E-state index is 5.45. The van der Waals surface area contributed by atoms with Crippen molar-refractivity contribution in [1.29, 1.82) is 0 Å². The van der Waals surface area contributed by atoms with Crippen LogP contribution in [0.1, 0.15) is 37.7 Å². The van der Waals surface area contributed by atoms with Gasteiger partial charge in [0.2, 0.25) is 5.95 Å². The largest absolute Gasteiger partial charge is 0.368 e. The Hall–Kier alpha value is -1.56. The van der Waals surface area contributed by atoms with E-state index in [2.05, 4.69) is 21.8 Å². The third-order valence-corrected chi connectivity index (χ3v) is 1.54. The molecule has 1 aromatic heterocycles. The topological polar surface area (TPSA) is 51.8 Å². The molecule has 1 rings (SSSR count). The molecule has 3 heteroatoms. The Kier molecular flexibility index (Phi) is 5.31. The summed E-state index contributed by atoms with van der Waals surface area (Å²) in [5.41, 5.74) is 8.02. The lowest BCUT2D eigenvalue weighted by molar-refractivity contribution is 1.06. The van der Waals surface area contributed by atoms with Gasteiger partial charge in [-0.05, 0) is 20.8 Å². The van der Waals surface area contributed by atoms with Crippen molar-refractivity contribution in [1.82, 2.24) is 9.97 Å². The molecular formula is C11H17N3. The summed E-state index contributed by atoms with van der Waals surface area (Å²) in [7, 11) is 0. The van der Waals surface area contributed by atoms with Gasteiger partial charge in [0.25, 0.3) is 0 Å². The molecule has 3 nitrogen and oxygen atoms in total. The van der Waals surface area contributed by atoms with Crippen LogP contribution in [0.2, 0.25) is 0 Å². The maximum atomic E-state index is 5.45. The summed E-state index contributed by atoms with van der Waals surface area (Å²) in [4.78, 5) is 8.03. The van der Waals surface area contributed by atoms with Crippen LogP contribution in [0, 0.1) is 25.7 Å². The van der Waals surface area contributed by atoms with E-state index in [9.17, 15) is 0 Å². The van der Waals surface area contributed by atoms with Gasteiger partial charge < -0.3 is 5.73 Å². The molecule has 0 aliphatic heterocycles. The molecule has 0 atom stereocenters. The minimum absolute atomic E-state index is 0.312. The lowest BCUT2D eigenvalue weighted by Gasteiger charge is -2.01. The number of aryl methyl sites for hydroxylation is 2. The van der Waals surface area contributed by atoms with E-state index in [0.29, 0.717) is 5.95 Å². The fourth-order valence-electron chi connectivity index (χ4n) is 1.05. The molecule has 0 aliphatic rings. The first kappa shape index (κ1) is 12.4. The first-order valence-corrected chi connectivity index (χ1v) is 4.68. The van der Waals surface area contributed by atoms with Gasteiger partial charge in [-0.3, -0.25) is 0 Å². The van der Waals surface area contributed by atoms with Gasteiger partial charge in [-0.2, -0.15) is 0 Å². The Morgan fingerprint density at radius 3 is 1.86 bits per heavy atom. The predicted molar refractivity (Wildman–Crippen MR) is 59.8 cm³/mol. The summed E-state index contributed by atoms with van der Waals surface area (Å²) in [6.45, 7) is 9.55. The molecule has 0 saturated heterocycles. The van der Waals surface area contributed by atoms with Crippen molar-refractivity contribution in [2.24, 2.45) is 0 Å². The molecule has 0 spiro atoms. The van der Waals surface area contributed by atoms with Gasteiger partial charge in [0, 0.05) is 0 Å². The Bertz CT molecular complexity index is 336. The summed E-state index contributed by atoms with van der Waals surface area (Å²) in [5.74, 6) is 6.07. The Balaban J connectivity index is 0.000000791. The number of nitrogens with two attached hydrogens (primary N) is 1. The smallest absolute Gasteiger partial charge is 0.220 e. The van der Waals surface area contributed by atoms with Crippen LogP contribution in [0.3, 0.4) is 0 Å². The standard InChI is InChI=1S/C9H11N3.C2H6/c1-4-5-8-6(2)11-9(10)12-7(8)3;1-2/h1-3H3,(H2,10,11,12);1-2H3. The molecule has 76 valence electrons. The third kappa shape index (κ3) is 3.06. The van der Waals surface area contributed by atoms with Crippen LogP contribution in [0.4, 0.5) is 5.95 Å². The number of nitrogen functional groups attached to an aromatic ring is 1. The molecule has 0 unspecified atom stereocenters. The zero-order valence-corrected chi connectivity index (χ0v) is 9.47. The van der Waals surface area contributed by atoms with E-state index in [4.69, 9.17) is 5.73 Å². The lowest BCUT2D eigenvalue weighted by atomic mass is 10.2. The molecule has 0 amide bonds. The number of rotatable bonds is 0. The summed E-state index contributed by atoms with van der Waals surface area (Å²) in [6.07, 6.45) is 0. The first-order valence-electron chi connectivity index (χ1n) is 4.68. The minimum atomic E-state index is 0.312. The summed E-state index contributed by atoms with van der Waals surface area (Å²) in [6, 6.07) is 0. The highest BCUT2D eigenvalue weighted by Gasteiger charge is 2.02. The summed E-state index contributed by atoms with van der Waals surface area (Å²) < 4.78 is 0. The van der Waals surface area contributed by atoms with E-state index in [1.807, 2.05) is 27.7 Å². The lowest BCUT2D eigenvalue weighted by Crippen LogP contribution is -2.02. The van der Waals surface area contributed by atoms with Crippen LogP contribution in [0.25, 0.3) is 0 Å². The average molecular weight is 191 g/mol.